The third kappa shape index (κ3) is 4.16. The molecule has 29 heavy (non-hydrogen) atoms. The first-order chi connectivity index (χ1) is 13.8. The van der Waals surface area contributed by atoms with Gasteiger partial charge >= 0.3 is 0 Å². The van der Waals surface area contributed by atoms with Crippen LogP contribution >= 0.6 is 0 Å². The lowest BCUT2D eigenvalue weighted by molar-refractivity contribution is 0.0954. The van der Waals surface area contributed by atoms with Gasteiger partial charge in [0.25, 0.3) is 5.91 Å². The van der Waals surface area contributed by atoms with Crippen molar-refractivity contribution in [1.29, 1.82) is 0 Å². The molecule has 1 amide bonds. The van der Waals surface area contributed by atoms with Crippen LogP contribution in [0.25, 0.3) is 5.57 Å². The number of fused-ring (bicyclic) bond motifs is 1. The van der Waals surface area contributed by atoms with Crippen molar-refractivity contribution in [2.24, 2.45) is 5.10 Å². The number of methoxy groups -OCH3 is 1. The second-order valence-corrected chi connectivity index (χ2v) is 7.55. The van der Waals surface area contributed by atoms with Gasteiger partial charge in [0.2, 0.25) is 0 Å². The Balaban J connectivity index is 1.90. The maximum absolute atomic E-state index is 13.3. The summed E-state index contributed by atoms with van der Waals surface area (Å²) in [5, 5.41) is 4.04. The van der Waals surface area contributed by atoms with Gasteiger partial charge in [0.05, 0.1) is 18.9 Å². The maximum atomic E-state index is 13.3. The molecule has 0 bridgehead atoms. The molecule has 152 valence electrons. The SMILES string of the molecule is CCN1c2cc(OC)c(/C=N\NC(=O)c3cccc(F)c3)cc2C(C)=CC1(C)C. The molecule has 1 aliphatic heterocycles. The number of hydrazone groups is 1. The minimum Gasteiger partial charge on any atom is -0.496 e. The number of hydrogen-bond donors (Lipinski definition) is 1. The van der Waals surface area contributed by atoms with Crippen LogP contribution in [0.15, 0.2) is 47.6 Å². The quantitative estimate of drug-likeness (QED) is 0.594. The molecule has 0 aromatic heterocycles. The van der Waals surface area contributed by atoms with Gasteiger partial charge in [0.1, 0.15) is 11.6 Å². The fourth-order valence-corrected chi connectivity index (χ4v) is 3.83. The molecular formula is C23H26FN3O2. The minimum absolute atomic E-state index is 0.0919. The molecule has 2 aromatic carbocycles. The second-order valence-electron chi connectivity index (χ2n) is 7.55. The van der Waals surface area contributed by atoms with Crippen molar-refractivity contribution in [3.8, 4) is 5.75 Å². The fourth-order valence-electron chi connectivity index (χ4n) is 3.83. The first-order valence-corrected chi connectivity index (χ1v) is 9.55. The Kier molecular flexibility index (Phi) is 5.73. The van der Waals surface area contributed by atoms with Gasteiger partial charge in [-0.05, 0) is 57.5 Å². The monoisotopic (exact) mass is 395 g/mol. The number of likely N-dealkylation sites (N-methyl/N-ethyl adjacent to an activating group) is 1. The Labute approximate surface area is 170 Å². The molecule has 0 saturated carbocycles. The zero-order chi connectivity index (χ0) is 21.2. The summed E-state index contributed by atoms with van der Waals surface area (Å²) in [6.45, 7) is 9.46. The maximum Gasteiger partial charge on any atom is 0.271 e. The number of rotatable bonds is 5. The predicted octanol–water partition coefficient (Wildman–Crippen LogP) is 4.62. The number of amides is 1. The number of ether oxygens (including phenoxy) is 1. The number of carbonyl (C=O) groups excluding carboxylic acids is 1. The van der Waals surface area contributed by atoms with Crippen molar-refractivity contribution in [2.45, 2.75) is 33.2 Å². The zero-order valence-electron chi connectivity index (χ0n) is 17.4. The van der Waals surface area contributed by atoms with E-state index in [1.165, 1.54) is 29.8 Å². The standard InChI is InChI=1S/C23H26FN3O2/c1-6-27-20-12-21(29-5)17(11-19(20)15(2)13-23(27,3)4)14-25-26-22(28)16-8-7-9-18(24)10-16/h7-14H,6H2,1-5H3,(H,26,28)/b25-14-. The number of hydrogen-bond acceptors (Lipinski definition) is 4. The largest absolute Gasteiger partial charge is 0.496 e. The Hall–Kier alpha value is -3.15. The van der Waals surface area contributed by atoms with Crippen molar-refractivity contribution >= 4 is 23.4 Å². The zero-order valence-corrected chi connectivity index (χ0v) is 17.4. The van der Waals surface area contributed by atoms with E-state index in [1.54, 1.807) is 13.3 Å². The number of carbonyl (C=O) groups is 1. The normalized spacial score (nSPS) is 15.1. The number of nitrogens with one attached hydrogen (secondary N) is 1. The van der Waals surface area contributed by atoms with Crippen LogP contribution in [0.5, 0.6) is 5.75 Å². The van der Waals surface area contributed by atoms with E-state index in [0.717, 1.165) is 23.4 Å². The van der Waals surface area contributed by atoms with Crippen LogP contribution < -0.4 is 15.1 Å². The van der Waals surface area contributed by atoms with Crippen LogP contribution in [0.4, 0.5) is 10.1 Å². The molecule has 0 radical (unpaired) electrons. The Morgan fingerprint density at radius 1 is 1.31 bits per heavy atom. The number of anilines is 1. The first kappa shape index (κ1) is 20.6. The van der Waals surface area contributed by atoms with E-state index in [9.17, 15) is 9.18 Å². The van der Waals surface area contributed by atoms with E-state index in [-0.39, 0.29) is 11.1 Å². The van der Waals surface area contributed by atoms with Gasteiger partial charge in [-0.1, -0.05) is 12.1 Å². The molecule has 0 spiro atoms. The van der Waals surface area contributed by atoms with Crippen LogP contribution in [0.2, 0.25) is 0 Å². The summed E-state index contributed by atoms with van der Waals surface area (Å²) < 4.78 is 18.8. The highest BCUT2D eigenvalue weighted by molar-refractivity contribution is 5.96. The second kappa shape index (κ2) is 8.07. The first-order valence-electron chi connectivity index (χ1n) is 9.55. The lowest BCUT2D eigenvalue weighted by atomic mass is 9.88. The van der Waals surface area contributed by atoms with Crippen LogP contribution in [-0.2, 0) is 0 Å². The summed E-state index contributed by atoms with van der Waals surface area (Å²) in [6.07, 6.45) is 3.79. The number of allylic oxidation sites excluding steroid dienone is 1. The van der Waals surface area contributed by atoms with Crippen molar-refractivity contribution in [3.05, 3.63) is 65.0 Å². The molecule has 1 N–H and O–H groups in total. The number of benzene rings is 2. The third-order valence-corrected chi connectivity index (χ3v) is 5.10. The van der Waals surface area contributed by atoms with Crippen molar-refractivity contribution in [1.82, 2.24) is 5.43 Å². The lowest BCUT2D eigenvalue weighted by Gasteiger charge is -2.43. The van der Waals surface area contributed by atoms with Crippen LogP contribution in [0.3, 0.4) is 0 Å². The Bertz CT molecular complexity index is 996. The van der Waals surface area contributed by atoms with Gasteiger partial charge in [-0.25, -0.2) is 9.82 Å². The number of halogens is 1. The van der Waals surface area contributed by atoms with Gasteiger partial charge in [-0.2, -0.15) is 5.10 Å². The predicted molar refractivity (Wildman–Crippen MR) is 115 cm³/mol. The summed E-state index contributed by atoms with van der Waals surface area (Å²) in [6, 6.07) is 9.48. The molecule has 0 aliphatic carbocycles. The smallest absolute Gasteiger partial charge is 0.271 e. The number of nitrogens with zero attached hydrogens (tertiary/aromatic N) is 2. The van der Waals surface area contributed by atoms with Crippen molar-refractivity contribution < 1.29 is 13.9 Å². The molecule has 0 saturated heterocycles. The molecule has 0 fully saturated rings. The summed E-state index contributed by atoms with van der Waals surface area (Å²) in [7, 11) is 1.61. The summed E-state index contributed by atoms with van der Waals surface area (Å²) >= 11 is 0. The highest BCUT2D eigenvalue weighted by Gasteiger charge is 2.31. The molecule has 0 unspecified atom stereocenters. The molecule has 3 rings (SSSR count). The van der Waals surface area contributed by atoms with Gasteiger partial charge in [-0.15, -0.1) is 0 Å². The van der Waals surface area contributed by atoms with Gasteiger partial charge < -0.3 is 9.64 Å². The van der Waals surface area contributed by atoms with Gasteiger partial charge in [0.15, 0.2) is 0 Å². The van der Waals surface area contributed by atoms with E-state index >= 15 is 0 Å². The average molecular weight is 395 g/mol. The van der Waals surface area contributed by atoms with Crippen molar-refractivity contribution in [3.63, 3.8) is 0 Å². The van der Waals surface area contributed by atoms with Crippen LogP contribution in [-0.4, -0.2) is 31.3 Å². The fraction of sp³-hybridized carbons (Fsp3) is 0.304. The molecule has 5 nitrogen and oxygen atoms in total. The molecule has 2 aromatic rings. The Morgan fingerprint density at radius 3 is 2.72 bits per heavy atom. The molecule has 1 aliphatic rings. The average Bonchev–Trinajstić information content (AvgIpc) is 2.67. The van der Waals surface area contributed by atoms with E-state index in [1.807, 2.05) is 12.1 Å². The topological polar surface area (TPSA) is 53.9 Å². The van der Waals surface area contributed by atoms with Crippen molar-refractivity contribution in [2.75, 3.05) is 18.6 Å². The molecule has 0 atom stereocenters. The highest BCUT2D eigenvalue weighted by atomic mass is 19.1. The summed E-state index contributed by atoms with van der Waals surface area (Å²) in [5.74, 6) is -0.284. The molecule has 6 heteroatoms. The summed E-state index contributed by atoms with van der Waals surface area (Å²) in [5.41, 5.74) is 6.68. The third-order valence-electron chi connectivity index (χ3n) is 5.10. The Morgan fingerprint density at radius 2 is 2.07 bits per heavy atom. The van der Waals surface area contributed by atoms with E-state index in [4.69, 9.17) is 4.74 Å². The summed E-state index contributed by atoms with van der Waals surface area (Å²) in [4.78, 5) is 14.5. The van der Waals surface area contributed by atoms with Crippen LogP contribution in [0, 0.1) is 5.82 Å². The van der Waals surface area contributed by atoms with Gasteiger partial charge in [-0.3, -0.25) is 4.79 Å². The van der Waals surface area contributed by atoms with E-state index in [0.29, 0.717) is 5.75 Å². The van der Waals surface area contributed by atoms with Crippen LogP contribution in [0.1, 0.15) is 49.2 Å². The van der Waals surface area contributed by atoms with Gasteiger partial charge in [0, 0.05) is 35.0 Å². The highest BCUT2D eigenvalue weighted by Crippen LogP contribution is 2.41. The lowest BCUT2D eigenvalue weighted by Crippen LogP contribution is -2.44. The molecule has 1 heterocycles. The van der Waals surface area contributed by atoms with E-state index in [2.05, 4.69) is 49.2 Å². The molecular weight excluding hydrogens is 369 g/mol. The van der Waals surface area contributed by atoms with E-state index < -0.39 is 11.7 Å². The minimum atomic E-state index is -0.479.